The molecular formula is C10H17N5O2. The Hall–Kier alpha value is -1.63. The summed E-state index contributed by atoms with van der Waals surface area (Å²) in [6.07, 6.45) is 3.73. The number of piperidine rings is 1. The number of hydrogen-bond acceptors (Lipinski definition) is 5. The van der Waals surface area contributed by atoms with E-state index in [9.17, 15) is 10.1 Å². The molecule has 0 spiro atoms. The SMILES string of the molecule is CN1CCC(CNc2cn[nH]c2[N+](=O)[O-])CC1. The first-order chi connectivity index (χ1) is 8.16. The van der Waals surface area contributed by atoms with E-state index in [1.165, 1.54) is 6.20 Å². The van der Waals surface area contributed by atoms with Crippen LogP contribution in [-0.4, -0.2) is 46.7 Å². The van der Waals surface area contributed by atoms with Crippen LogP contribution < -0.4 is 5.32 Å². The summed E-state index contributed by atoms with van der Waals surface area (Å²) < 4.78 is 0. The molecule has 0 aliphatic carbocycles. The topological polar surface area (TPSA) is 87.1 Å². The van der Waals surface area contributed by atoms with Crippen LogP contribution >= 0.6 is 0 Å². The Morgan fingerprint density at radius 3 is 3.00 bits per heavy atom. The Balaban J connectivity index is 1.85. The predicted octanol–water partition coefficient (Wildman–Crippen LogP) is 1.07. The van der Waals surface area contributed by atoms with Crippen LogP contribution in [0.15, 0.2) is 6.20 Å². The zero-order valence-corrected chi connectivity index (χ0v) is 9.85. The van der Waals surface area contributed by atoms with Crippen LogP contribution in [0.1, 0.15) is 12.8 Å². The lowest BCUT2D eigenvalue weighted by Gasteiger charge is -2.28. The summed E-state index contributed by atoms with van der Waals surface area (Å²) in [5, 5.41) is 19.8. The molecule has 17 heavy (non-hydrogen) atoms. The second-order valence-electron chi connectivity index (χ2n) is 4.52. The molecule has 0 saturated carbocycles. The van der Waals surface area contributed by atoms with E-state index in [0.717, 1.165) is 32.5 Å². The summed E-state index contributed by atoms with van der Waals surface area (Å²) in [5.41, 5.74) is 0.480. The lowest BCUT2D eigenvalue weighted by Crippen LogP contribution is -2.32. The summed E-state index contributed by atoms with van der Waals surface area (Å²) in [7, 11) is 2.12. The number of nitrogens with zero attached hydrogens (tertiary/aromatic N) is 3. The number of nitro groups is 1. The maximum atomic E-state index is 10.7. The molecule has 7 nitrogen and oxygen atoms in total. The minimum absolute atomic E-state index is 0.0575. The van der Waals surface area contributed by atoms with Crippen LogP contribution in [0.4, 0.5) is 11.5 Å². The van der Waals surface area contributed by atoms with Crippen molar-refractivity contribution in [3.8, 4) is 0 Å². The van der Waals surface area contributed by atoms with Gasteiger partial charge in [-0.2, -0.15) is 0 Å². The van der Waals surface area contributed by atoms with E-state index in [-0.39, 0.29) is 5.82 Å². The van der Waals surface area contributed by atoms with Gasteiger partial charge in [-0.05, 0) is 43.8 Å². The van der Waals surface area contributed by atoms with E-state index in [4.69, 9.17) is 0 Å². The summed E-state index contributed by atoms with van der Waals surface area (Å²) >= 11 is 0. The highest BCUT2D eigenvalue weighted by Gasteiger charge is 2.19. The maximum Gasteiger partial charge on any atom is 0.366 e. The average Bonchev–Trinajstić information content (AvgIpc) is 2.76. The highest BCUT2D eigenvalue weighted by Crippen LogP contribution is 2.22. The molecule has 2 heterocycles. The first-order valence-electron chi connectivity index (χ1n) is 5.77. The van der Waals surface area contributed by atoms with Crippen LogP contribution in [-0.2, 0) is 0 Å². The van der Waals surface area contributed by atoms with Gasteiger partial charge in [0.15, 0.2) is 5.69 Å². The Labute approximate surface area is 99.3 Å². The minimum atomic E-state index is -0.454. The number of hydrogen-bond donors (Lipinski definition) is 2. The molecule has 0 amide bonds. The minimum Gasteiger partial charge on any atom is -0.377 e. The molecule has 0 atom stereocenters. The Bertz CT molecular complexity index is 384. The summed E-state index contributed by atoms with van der Waals surface area (Å²) in [6, 6.07) is 0. The molecule has 0 radical (unpaired) electrons. The fraction of sp³-hybridized carbons (Fsp3) is 0.700. The third-order valence-corrected chi connectivity index (χ3v) is 3.22. The Morgan fingerprint density at radius 1 is 1.65 bits per heavy atom. The smallest absolute Gasteiger partial charge is 0.366 e. The Kier molecular flexibility index (Phi) is 3.58. The molecule has 1 aliphatic rings. The predicted molar refractivity (Wildman–Crippen MR) is 64.0 cm³/mol. The number of rotatable bonds is 4. The lowest BCUT2D eigenvalue weighted by molar-refractivity contribution is -0.388. The van der Waals surface area contributed by atoms with Crippen molar-refractivity contribution < 1.29 is 4.92 Å². The van der Waals surface area contributed by atoms with Crippen molar-refractivity contribution >= 4 is 11.5 Å². The van der Waals surface area contributed by atoms with Gasteiger partial charge in [0.2, 0.25) is 0 Å². The van der Waals surface area contributed by atoms with E-state index in [1.807, 2.05) is 0 Å². The van der Waals surface area contributed by atoms with Gasteiger partial charge in [0.25, 0.3) is 0 Å². The maximum absolute atomic E-state index is 10.7. The van der Waals surface area contributed by atoms with Crippen molar-refractivity contribution in [2.75, 3.05) is 32.0 Å². The number of H-pyrrole nitrogens is 1. The van der Waals surface area contributed by atoms with Gasteiger partial charge < -0.3 is 20.3 Å². The van der Waals surface area contributed by atoms with Crippen LogP contribution in [0.3, 0.4) is 0 Å². The van der Waals surface area contributed by atoms with Crippen molar-refractivity contribution in [1.82, 2.24) is 15.1 Å². The van der Waals surface area contributed by atoms with Gasteiger partial charge in [-0.3, -0.25) is 0 Å². The second kappa shape index (κ2) is 5.13. The van der Waals surface area contributed by atoms with Gasteiger partial charge in [0, 0.05) is 6.54 Å². The highest BCUT2D eigenvalue weighted by atomic mass is 16.6. The van der Waals surface area contributed by atoms with Gasteiger partial charge in [-0.1, -0.05) is 5.10 Å². The van der Waals surface area contributed by atoms with E-state index in [1.54, 1.807) is 0 Å². The highest BCUT2D eigenvalue weighted by molar-refractivity contribution is 5.55. The van der Waals surface area contributed by atoms with Gasteiger partial charge in [-0.25, -0.2) is 0 Å². The normalized spacial score (nSPS) is 18.2. The van der Waals surface area contributed by atoms with Crippen LogP contribution in [0.2, 0.25) is 0 Å². The number of aromatic nitrogens is 2. The molecular weight excluding hydrogens is 222 g/mol. The fourth-order valence-corrected chi connectivity index (χ4v) is 2.07. The van der Waals surface area contributed by atoms with Crippen LogP contribution in [0.5, 0.6) is 0 Å². The molecule has 2 rings (SSSR count). The molecule has 1 aromatic rings. The molecule has 1 saturated heterocycles. The van der Waals surface area contributed by atoms with Crippen LogP contribution in [0.25, 0.3) is 0 Å². The van der Waals surface area contributed by atoms with Gasteiger partial charge in [-0.15, -0.1) is 5.10 Å². The van der Waals surface area contributed by atoms with Crippen molar-refractivity contribution in [3.05, 3.63) is 16.3 Å². The fourth-order valence-electron chi connectivity index (χ4n) is 2.07. The quantitative estimate of drug-likeness (QED) is 0.606. The van der Waals surface area contributed by atoms with Crippen molar-refractivity contribution in [2.24, 2.45) is 5.92 Å². The molecule has 7 heteroatoms. The third-order valence-electron chi connectivity index (χ3n) is 3.22. The first-order valence-corrected chi connectivity index (χ1v) is 5.77. The molecule has 1 fully saturated rings. The average molecular weight is 239 g/mol. The molecule has 0 bridgehead atoms. The van der Waals surface area contributed by atoms with Gasteiger partial charge in [0.1, 0.15) is 6.20 Å². The third kappa shape index (κ3) is 2.94. The number of nitrogens with one attached hydrogen (secondary N) is 2. The molecule has 94 valence electrons. The zero-order chi connectivity index (χ0) is 12.3. The monoisotopic (exact) mass is 239 g/mol. The molecule has 2 N–H and O–H groups in total. The molecule has 0 aromatic carbocycles. The number of anilines is 1. The second-order valence-corrected chi connectivity index (χ2v) is 4.52. The van der Waals surface area contributed by atoms with E-state index >= 15 is 0 Å². The van der Waals surface area contributed by atoms with Gasteiger partial charge >= 0.3 is 5.82 Å². The zero-order valence-electron chi connectivity index (χ0n) is 9.85. The lowest BCUT2D eigenvalue weighted by atomic mass is 9.97. The standard InChI is InChI=1S/C10H17N5O2/c1-14-4-2-8(3-5-14)6-11-9-7-12-13-10(9)15(16)17/h7-8,11H,2-6H2,1H3,(H,12,13). The first kappa shape index (κ1) is 11.8. The Morgan fingerprint density at radius 2 is 2.35 bits per heavy atom. The van der Waals surface area contributed by atoms with E-state index in [0.29, 0.717) is 11.6 Å². The van der Waals surface area contributed by atoms with Crippen molar-refractivity contribution in [3.63, 3.8) is 0 Å². The van der Waals surface area contributed by atoms with Crippen LogP contribution in [0, 0.1) is 16.0 Å². The number of aromatic amines is 1. The van der Waals surface area contributed by atoms with Gasteiger partial charge in [0.05, 0.1) is 0 Å². The van der Waals surface area contributed by atoms with Crippen molar-refractivity contribution in [1.29, 1.82) is 0 Å². The molecule has 0 unspecified atom stereocenters. The van der Waals surface area contributed by atoms with E-state index in [2.05, 4.69) is 27.5 Å². The van der Waals surface area contributed by atoms with E-state index < -0.39 is 4.92 Å². The largest absolute Gasteiger partial charge is 0.377 e. The summed E-state index contributed by atoms with van der Waals surface area (Å²) in [5.74, 6) is 0.527. The van der Waals surface area contributed by atoms with Crippen molar-refractivity contribution in [2.45, 2.75) is 12.8 Å². The summed E-state index contributed by atoms with van der Waals surface area (Å²) in [6.45, 7) is 2.97. The summed E-state index contributed by atoms with van der Waals surface area (Å²) in [4.78, 5) is 12.5. The number of likely N-dealkylation sites (tertiary alicyclic amines) is 1. The molecule has 1 aromatic heterocycles. The molecule has 1 aliphatic heterocycles.